The summed E-state index contributed by atoms with van der Waals surface area (Å²) < 4.78 is 23.8. The molecule has 2 rings (SSSR count). The summed E-state index contributed by atoms with van der Waals surface area (Å²) in [5.41, 5.74) is 0.670. The van der Waals surface area contributed by atoms with Crippen LogP contribution in [0.2, 0.25) is 5.02 Å². The second kappa shape index (κ2) is 5.64. The Bertz CT molecular complexity index is 568. The molecular weight excluding hydrogens is 302 g/mol. The normalized spacial score (nSPS) is 17.4. The third-order valence-electron chi connectivity index (χ3n) is 3.46. The Kier molecular flexibility index (Phi) is 4.50. The fourth-order valence-corrected chi connectivity index (χ4v) is 4.08. The van der Waals surface area contributed by atoms with Crippen LogP contribution >= 0.6 is 23.4 Å². The summed E-state index contributed by atoms with van der Waals surface area (Å²) in [6, 6.07) is 5.01. The Labute approximate surface area is 124 Å². The van der Waals surface area contributed by atoms with Crippen molar-refractivity contribution in [2.45, 2.75) is 29.0 Å². The number of hydrogen-bond acceptors (Lipinski definition) is 4. The fraction of sp³-hybridized carbons (Fsp3) is 0.538. The summed E-state index contributed by atoms with van der Waals surface area (Å²) in [5.74, 6) is 0. The molecule has 106 valence electrons. The molecule has 1 aliphatic rings. The van der Waals surface area contributed by atoms with Gasteiger partial charge in [-0.3, -0.25) is 0 Å². The number of rotatable bonds is 6. The van der Waals surface area contributed by atoms with Gasteiger partial charge in [-0.1, -0.05) is 17.7 Å². The third-order valence-corrected chi connectivity index (χ3v) is 6.42. The molecule has 1 aromatic carbocycles. The first-order valence-electron chi connectivity index (χ1n) is 6.11. The molecule has 0 aromatic heterocycles. The van der Waals surface area contributed by atoms with E-state index < -0.39 is 9.84 Å². The van der Waals surface area contributed by atoms with Crippen molar-refractivity contribution in [1.29, 1.82) is 0 Å². The molecule has 0 amide bonds. The Morgan fingerprint density at radius 2 is 2.11 bits per heavy atom. The van der Waals surface area contributed by atoms with Gasteiger partial charge in [-0.25, -0.2) is 8.42 Å². The largest absolute Gasteiger partial charge is 0.311 e. The summed E-state index contributed by atoms with van der Waals surface area (Å²) in [7, 11) is -3.24. The Morgan fingerprint density at radius 1 is 1.42 bits per heavy atom. The number of nitrogens with one attached hydrogen (secondary N) is 1. The van der Waals surface area contributed by atoms with E-state index in [0.29, 0.717) is 26.8 Å². The van der Waals surface area contributed by atoms with Gasteiger partial charge in [0.2, 0.25) is 0 Å². The Morgan fingerprint density at radius 3 is 2.63 bits per heavy atom. The SMILES string of the molecule is CSC1(CNCc2c(Cl)cccc2S(C)(=O)=O)CC1. The second-order valence-corrected chi connectivity index (χ2v) is 8.65. The smallest absolute Gasteiger partial charge is 0.175 e. The third kappa shape index (κ3) is 3.66. The summed E-state index contributed by atoms with van der Waals surface area (Å²) in [4.78, 5) is 0.321. The van der Waals surface area contributed by atoms with Crippen molar-refractivity contribution in [3.8, 4) is 0 Å². The van der Waals surface area contributed by atoms with Crippen molar-refractivity contribution >= 4 is 33.2 Å². The average Bonchev–Trinajstić information content (AvgIpc) is 3.10. The molecule has 19 heavy (non-hydrogen) atoms. The summed E-state index contributed by atoms with van der Waals surface area (Å²) >= 11 is 8.00. The van der Waals surface area contributed by atoms with Crippen LogP contribution < -0.4 is 5.32 Å². The maximum atomic E-state index is 11.7. The van der Waals surface area contributed by atoms with Crippen LogP contribution in [0.25, 0.3) is 0 Å². The van der Waals surface area contributed by atoms with E-state index in [2.05, 4.69) is 11.6 Å². The summed E-state index contributed by atoms with van der Waals surface area (Å²) in [6.07, 6.45) is 5.78. The molecule has 1 aliphatic carbocycles. The van der Waals surface area contributed by atoms with Crippen molar-refractivity contribution < 1.29 is 8.42 Å². The van der Waals surface area contributed by atoms with Crippen LogP contribution in [-0.2, 0) is 16.4 Å². The van der Waals surface area contributed by atoms with Gasteiger partial charge in [0.1, 0.15) is 0 Å². The first-order valence-corrected chi connectivity index (χ1v) is 9.61. The molecule has 0 heterocycles. The van der Waals surface area contributed by atoms with E-state index in [4.69, 9.17) is 11.6 Å². The van der Waals surface area contributed by atoms with Gasteiger partial charge >= 0.3 is 0 Å². The highest BCUT2D eigenvalue weighted by Crippen LogP contribution is 2.46. The zero-order chi connectivity index (χ0) is 14.1. The molecule has 0 aliphatic heterocycles. The van der Waals surface area contributed by atoms with Crippen LogP contribution in [0.1, 0.15) is 18.4 Å². The van der Waals surface area contributed by atoms with E-state index in [1.54, 1.807) is 18.2 Å². The van der Waals surface area contributed by atoms with Gasteiger partial charge in [-0.2, -0.15) is 11.8 Å². The van der Waals surface area contributed by atoms with Crippen LogP contribution in [-0.4, -0.2) is 32.2 Å². The van der Waals surface area contributed by atoms with E-state index in [0.717, 1.165) is 6.54 Å². The number of sulfone groups is 1. The summed E-state index contributed by atoms with van der Waals surface area (Å²) in [5, 5.41) is 3.84. The minimum atomic E-state index is -3.24. The topological polar surface area (TPSA) is 46.2 Å². The minimum absolute atomic E-state index is 0.321. The number of thioether (sulfide) groups is 1. The molecule has 1 N–H and O–H groups in total. The molecule has 1 fully saturated rings. The van der Waals surface area contributed by atoms with Gasteiger partial charge in [0.05, 0.1) is 4.90 Å². The van der Waals surface area contributed by atoms with Gasteiger partial charge in [0.25, 0.3) is 0 Å². The van der Waals surface area contributed by atoms with Crippen LogP contribution in [0.4, 0.5) is 0 Å². The molecule has 0 unspecified atom stereocenters. The number of halogens is 1. The van der Waals surface area contributed by atoms with Crippen LogP contribution in [0.3, 0.4) is 0 Å². The van der Waals surface area contributed by atoms with Gasteiger partial charge in [0, 0.05) is 34.7 Å². The molecule has 0 bridgehead atoms. The van der Waals surface area contributed by atoms with E-state index in [-0.39, 0.29) is 0 Å². The van der Waals surface area contributed by atoms with Crippen molar-refractivity contribution in [3.63, 3.8) is 0 Å². The van der Waals surface area contributed by atoms with Gasteiger partial charge < -0.3 is 5.32 Å². The number of benzene rings is 1. The fourth-order valence-electron chi connectivity index (χ4n) is 2.07. The number of hydrogen-bond donors (Lipinski definition) is 1. The molecular formula is C13H18ClNO2S2. The van der Waals surface area contributed by atoms with Gasteiger partial charge in [-0.05, 0) is 31.2 Å². The first kappa shape index (κ1) is 15.2. The zero-order valence-corrected chi connectivity index (χ0v) is 13.5. The molecule has 0 spiro atoms. The van der Waals surface area contributed by atoms with Crippen LogP contribution in [0, 0.1) is 0 Å². The van der Waals surface area contributed by atoms with E-state index in [9.17, 15) is 8.42 Å². The molecule has 0 radical (unpaired) electrons. The van der Waals surface area contributed by atoms with Gasteiger partial charge in [0.15, 0.2) is 9.84 Å². The van der Waals surface area contributed by atoms with E-state index in [1.807, 2.05) is 11.8 Å². The maximum Gasteiger partial charge on any atom is 0.175 e. The molecule has 3 nitrogen and oxygen atoms in total. The van der Waals surface area contributed by atoms with Crippen LogP contribution in [0.15, 0.2) is 23.1 Å². The highest BCUT2D eigenvalue weighted by molar-refractivity contribution is 8.00. The van der Waals surface area contributed by atoms with Crippen molar-refractivity contribution in [3.05, 3.63) is 28.8 Å². The highest BCUT2D eigenvalue weighted by Gasteiger charge is 2.41. The molecule has 0 saturated heterocycles. The first-order chi connectivity index (χ1) is 8.88. The molecule has 6 heteroatoms. The van der Waals surface area contributed by atoms with E-state index in [1.165, 1.54) is 19.1 Å². The molecule has 0 atom stereocenters. The zero-order valence-electron chi connectivity index (χ0n) is 11.1. The van der Waals surface area contributed by atoms with Crippen molar-refractivity contribution in [2.24, 2.45) is 0 Å². The average molecular weight is 320 g/mol. The van der Waals surface area contributed by atoms with Gasteiger partial charge in [-0.15, -0.1) is 0 Å². The lowest BCUT2D eigenvalue weighted by Crippen LogP contribution is -2.26. The highest BCUT2D eigenvalue weighted by atomic mass is 35.5. The van der Waals surface area contributed by atoms with Crippen molar-refractivity contribution in [2.75, 3.05) is 19.1 Å². The summed E-state index contributed by atoms with van der Waals surface area (Å²) in [6.45, 7) is 1.38. The lowest BCUT2D eigenvalue weighted by atomic mass is 10.2. The lowest BCUT2D eigenvalue weighted by Gasteiger charge is -2.15. The second-order valence-electron chi connectivity index (χ2n) is 4.98. The van der Waals surface area contributed by atoms with E-state index >= 15 is 0 Å². The standard InChI is InChI=1S/C13H18ClNO2S2/c1-18-13(6-7-13)9-15-8-10-11(14)4-3-5-12(10)19(2,16)17/h3-5,15H,6-9H2,1-2H3. The Hall–Kier alpha value is -0.230. The lowest BCUT2D eigenvalue weighted by molar-refractivity contribution is 0.598. The maximum absolute atomic E-state index is 11.7. The molecule has 1 aromatic rings. The predicted octanol–water partition coefficient (Wildman–Crippen LogP) is 2.73. The van der Waals surface area contributed by atoms with Crippen LogP contribution in [0.5, 0.6) is 0 Å². The monoisotopic (exact) mass is 319 g/mol. The van der Waals surface area contributed by atoms with Crippen molar-refractivity contribution in [1.82, 2.24) is 5.32 Å². The predicted molar refractivity (Wildman–Crippen MR) is 81.7 cm³/mol. The minimum Gasteiger partial charge on any atom is -0.311 e. The Balaban J connectivity index is 2.11. The quantitative estimate of drug-likeness (QED) is 0.875. The molecule has 1 saturated carbocycles.